The van der Waals surface area contributed by atoms with E-state index >= 15 is 0 Å². The van der Waals surface area contributed by atoms with Crippen LogP contribution in [0.5, 0.6) is 0 Å². The molecule has 0 rings (SSSR count). The summed E-state index contributed by atoms with van der Waals surface area (Å²) in [5.41, 5.74) is 5.07. The van der Waals surface area contributed by atoms with Crippen molar-refractivity contribution in [3.05, 3.63) is 0 Å². The summed E-state index contributed by atoms with van der Waals surface area (Å²) >= 11 is 0. The molecule has 0 fully saturated rings. The SMILES string of the molecule is NCCN(CC(F)F)S(=O)(=O)CCCC(F)(F)F. The highest BCUT2D eigenvalue weighted by atomic mass is 32.2. The smallest absolute Gasteiger partial charge is 0.329 e. The van der Waals surface area contributed by atoms with Crippen LogP contribution in [0.25, 0.3) is 0 Å². The Kier molecular flexibility index (Phi) is 7.00. The van der Waals surface area contributed by atoms with Crippen molar-refractivity contribution in [2.45, 2.75) is 25.4 Å². The molecule has 0 radical (unpaired) electrons. The van der Waals surface area contributed by atoms with Crippen molar-refractivity contribution in [2.24, 2.45) is 5.73 Å². The molecule has 0 unspecified atom stereocenters. The van der Waals surface area contributed by atoms with Crippen LogP contribution in [0.2, 0.25) is 0 Å². The summed E-state index contributed by atoms with van der Waals surface area (Å²) in [4.78, 5) is 0. The predicted octanol–water partition coefficient (Wildman–Crippen LogP) is 1.18. The summed E-state index contributed by atoms with van der Waals surface area (Å²) in [6, 6.07) is 0. The Morgan fingerprint density at radius 1 is 1.22 bits per heavy atom. The highest BCUT2D eigenvalue weighted by molar-refractivity contribution is 7.89. The topological polar surface area (TPSA) is 63.4 Å². The number of alkyl halides is 5. The zero-order chi connectivity index (χ0) is 14.4. The van der Waals surface area contributed by atoms with Gasteiger partial charge < -0.3 is 5.73 Å². The van der Waals surface area contributed by atoms with Crippen LogP contribution in [0.1, 0.15) is 12.8 Å². The summed E-state index contributed by atoms with van der Waals surface area (Å²) in [6.45, 7) is -1.56. The molecule has 0 heterocycles. The summed E-state index contributed by atoms with van der Waals surface area (Å²) in [5.74, 6) is -0.820. The van der Waals surface area contributed by atoms with Crippen LogP contribution in [-0.4, -0.2) is 50.7 Å². The summed E-state index contributed by atoms with van der Waals surface area (Å²) < 4.78 is 83.2. The van der Waals surface area contributed by atoms with Crippen LogP contribution in [-0.2, 0) is 10.0 Å². The highest BCUT2D eigenvalue weighted by Crippen LogP contribution is 2.22. The van der Waals surface area contributed by atoms with Crippen molar-refractivity contribution in [3.63, 3.8) is 0 Å². The fourth-order valence-corrected chi connectivity index (χ4v) is 2.72. The lowest BCUT2D eigenvalue weighted by molar-refractivity contribution is -0.134. The first kappa shape index (κ1) is 17.5. The number of halogens is 5. The van der Waals surface area contributed by atoms with Crippen molar-refractivity contribution in [2.75, 3.05) is 25.4 Å². The first-order valence-electron chi connectivity index (χ1n) is 5.11. The van der Waals surface area contributed by atoms with Crippen LogP contribution < -0.4 is 5.73 Å². The average molecular weight is 298 g/mol. The van der Waals surface area contributed by atoms with E-state index in [4.69, 9.17) is 5.73 Å². The third kappa shape index (κ3) is 7.77. The van der Waals surface area contributed by atoms with Gasteiger partial charge in [0.15, 0.2) is 0 Å². The molecule has 0 saturated heterocycles. The molecule has 0 aliphatic rings. The number of nitrogens with two attached hydrogens (primary N) is 1. The summed E-state index contributed by atoms with van der Waals surface area (Å²) in [5, 5.41) is 0. The van der Waals surface area contributed by atoms with Gasteiger partial charge in [0.2, 0.25) is 10.0 Å². The van der Waals surface area contributed by atoms with Gasteiger partial charge in [0, 0.05) is 19.5 Å². The summed E-state index contributed by atoms with van der Waals surface area (Å²) in [6.07, 6.45) is -9.28. The Morgan fingerprint density at radius 2 is 1.78 bits per heavy atom. The molecule has 0 spiro atoms. The molecule has 0 amide bonds. The Hall–Kier alpha value is -0.480. The first-order valence-corrected chi connectivity index (χ1v) is 6.72. The second-order valence-corrected chi connectivity index (χ2v) is 5.66. The Balaban J connectivity index is 4.46. The van der Waals surface area contributed by atoms with Gasteiger partial charge in [-0.05, 0) is 6.42 Å². The fraction of sp³-hybridized carbons (Fsp3) is 1.00. The minimum atomic E-state index is -4.46. The fourth-order valence-electron chi connectivity index (χ4n) is 1.23. The molecule has 0 atom stereocenters. The highest BCUT2D eigenvalue weighted by Gasteiger charge is 2.29. The second kappa shape index (κ2) is 7.19. The lowest BCUT2D eigenvalue weighted by atomic mass is 10.3. The van der Waals surface area contributed by atoms with Crippen LogP contribution in [0.3, 0.4) is 0 Å². The largest absolute Gasteiger partial charge is 0.389 e. The van der Waals surface area contributed by atoms with Crippen molar-refractivity contribution >= 4 is 10.0 Å². The van der Waals surface area contributed by atoms with Crippen LogP contribution >= 0.6 is 0 Å². The van der Waals surface area contributed by atoms with Gasteiger partial charge in [-0.3, -0.25) is 0 Å². The molecular weight excluding hydrogens is 283 g/mol. The van der Waals surface area contributed by atoms with E-state index in [2.05, 4.69) is 0 Å². The van der Waals surface area contributed by atoms with Crippen LogP contribution in [0.15, 0.2) is 0 Å². The van der Waals surface area contributed by atoms with Crippen molar-refractivity contribution in [1.29, 1.82) is 0 Å². The van der Waals surface area contributed by atoms with Gasteiger partial charge in [-0.15, -0.1) is 0 Å². The number of sulfonamides is 1. The molecule has 0 aliphatic heterocycles. The normalized spacial score (nSPS) is 13.6. The number of hydrogen-bond acceptors (Lipinski definition) is 3. The summed E-state index contributed by atoms with van der Waals surface area (Å²) in [7, 11) is -4.13. The molecule has 2 N–H and O–H groups in total. The van der Waals surface area contributed by atoms with E-state index in [-0.39, 0.29) is 13.1 Å². The lowest BCUT2D eigenvalue weighted by Crippen LogP contribution is -2.40. The van der Waals surface area contributed by atoms with E-state index in [0.717, 1.165) is 0 Å². The van der Waals surface area contributed by atoms with Gasteiger partial charge in [-0.1, -0.05) is 0 Å². The Bertz CT molecular complexity index is 331. The zero-order valence-electron chi connectivity index (χ0n) is 9.46. The van der Waals surface area contributed by atoms with E-state index in [1.54, 1.807) is 0 Å². The van der Waals surface area contributed by atoms with Crippen molar-refractivity contribution in [3.8, 4) is 0 Å². The first-order chi connectivity index (χ1) is 8.08. The van der Waals surface area contributed by atoms with E-state index in [0.29, 0.717) is 4.31 Å². The number of hydrogen-bond donors (Lipinski definition) is 1. The Labute approximate surface area is 102 Å². The van der Waals surface area contributed by atoms with Crippen LogP contribution in [0.4, 0.5) is 22.0 Å². The van der Waals surface area contributed by atoms with Gasteiger partial charge in [0.1, 0.15) is 0 Å². The Morgan fingerprint density at radius 3 is 2.17 bits per heavy atom. The minimum absolute atomic E-state index is 0.175. The van der Waals surface area contributed by atoms with Crippen molar-refractivity contribution < 1.29 is 30.4 Å². The minimum Gasteiger partial charge on any atom is -0.329 e. The molecule has 0 aromatic heterocycles. The van der Waals surface area contributed by atoms with Gasteiger partial charge in [0.05, 0.1) is 12.3 Å². The average Bonchev–Trinajstić information content (AvgIpc) is 2.13. The van der Waals surface area contributed by atoms with E-state index in [9.17, 15) is 30.4 Å². The molecule has 4 nitrogen and oxygen atoms in total. The predicted molar refractivity (Wildman–Crippen MR) is 55.7 cm³/mol. The monoisotopic (exact) mass is 298 g/mol. The maximum atomic E-state index is 12.1. The van der Waals surface area contributed by atoms with E-state index in [1.807, 2.05) is 0 Å². The molecule has 0 aliphatic carbocycles. The molecule has 0 saturated carbocycles. The third-order valence-corrected chi connectivity index (χ3v) is 3.90. The molecule has 0 aromatic rings. The van der Waals surface area contributed by atoms with Gasteiger partial charge in [-0.2, -0.15) is 17.5 Å². The maximum Gasteiger partial charge on any atom is 0.389 e. The molecule has 18 heavy (non-hydrogen) atoms. The lowest BCUT2D eigenvalue weighted by Gasteiger charge is -2.21. The van der Waals surface area contributed by atoms with E-state index in [1.165, 1.54) is 0 Å². The zero-order valence-corrected chi connectivity index (χ0v) is 10.3. The standard InChI is InChI=1S/C8H15F5N2O2S/c9-7(10)6-15(4-3-14)18(16,17)5-1-2-8(11,12)13/h7H,1-6,14H2. The van der Waals surface area contributed by atoms with Gasteiger partial charge in [0.25, 0.3) is 6.43 Å². The van der Waals surface area contributed by atoms with Crippen LogP contribution in [0, 0.1) is 0 Å². The molecular formula is C8H15F5N2O2S. The van der Waals surface area contributed by atoms with Gasteiger partial charge in [-0.25, -0.2) is 17.2 Å². The molecule has 10 heteroatoms. The molecule has 0 bridgehead atoms. The quantitative estimate of drug-likeness (QED) is 0.685. The maximum absolute atomic E-state index is 12.1. The van der Waals surface area contributed by atoms with Crippen molar-refractivity contribution in [1.82, 2.24) is 4.31 Å². The molecule has 110 valence electrons. The van der Waals surface area contributed by atoms with Gasteiger partial charge >= 0.3 is 6.18 Å². The molecule has 0 aromatic carbocycles. The third-order valence-electron chi connectivity index (χ3n) is 1.98. The second-order valence-electron chi connectivity index (χ2n) is 3.57. The number of rotatable bonds is 8. The van der Waals surface area contributed by atoms with E-state index < -0.39 is 47.8 Å². The number of nitrogens with zero attached hydrogens (tertiary/aromatic N) is 1.